The zero-order valence-electron chi connectivity index (χ0n) is 9.09. The highest BCUT2D eigenvalue weighted by Crippen LogP contribution is 2.19. The highest BCUT2D eigenvalue weighted by Gasteiger charge is 2.14. The average molecular weight is 212 g/mol. The maximum absolute atomic E-state index is 4.23. The van der Waals surface area contributed by atoms with Crippen molar-refractivity contribution in [2.45, 2.75) is 13.5 Å². The summed E-state index contributed by atoms with van der Waals surface area (Å²) in [7, 11) is 0. The third-order valence-corrected chi connectivity index (χ3v) is 2.72. The standard InChI is InChI=1S/C12H12N4/c1-9-3-2-4-10(7-9)12-15-14-11-8-13-5-6-16(11)12/h2-4,7-8H,5-6H2,1H3. The minimum absolute atomic E-state index is 0.809. The molecule has 2 aromatic rings. The fourth-order valence-electron chi connectivity index (χ4n) is 1.93. The second-order valence-corrected chi connectivity index (χ2v) is 3.94. The molecule has 4 nitrogen and oxygen atoms in total. The third kappa shape index (κ3) is 1.43. The first-order chi connectivity index (χ1) is 7.84. The van der Waals surface area contributed by atoms with Crippen LogP contribution in [-0.2, 0) is 6.54 Å². The van der Waals surface area contributed by atoms with Gasteiger partial charge in [0.2, 0.25) is 0 Å². The van der Waals surface area contributed by atoms with Gasteiger partial charge in [-0.2, -0.15) is 0 Å². The van der Waals surface area contributed by atoms with Gasteiger partial charge in [-0.05, 0) is 13.0 Å². The van der Waals surface area contributed by atoms with E-state index in [-0.39, 0.29) is 0 Å². The summed E-state index contributed by atoms with van der Waals surface area (Å²) in [5, 5.41) is 8.36. The van der Waals surface area contributed by atoms with Gasteiger partial charge in [-0.3, -0.25) is 4.99 Å². The van der Waals surface area contributed by atoms with Crippen LogP contribution in [0.4, 0.5) is 0 Å². The molecule has 16 heavy (non-hydrogen) atoms. The van der Waals surface area contributed by atoms with E-state index in [1.54, 1.807) is 6.21 Å². The summed E-state index contributed by atoms with van der Waals surface area (Å²) in [6, 6.07) is 8.32. The molecule has 3 rings (SSSR count). The van der Waals surface area contributed by atoms with Crippen LogP contribution in [0.5, 0.6) is 0 Å². The molecule has 1 aliphatic rings. The number of aromatic nitrogens is 3. The Kier molecular flexibility index (Phi) is 2.06. The lowest BCUT2D eigenvalue weighted by atomic mass is 10.1. The van der Waals surface area contributed by atoms with Gasteiger partial charge >= 0.3 is 0 Å². The summed E-state index contributed by atoms with van der Waals surface area (Å²) in [6.45, 7) is 3.75. The van der Waals surface area contributed by atoms with Crippen LogP contribution in [-0.4, -0.2) is 27.5 Å². The lowest BCUT2D eigenvalue weighted by Gasteiger charge is -2.10. The maximum atomic E-state index is 4.23. The van der Waals surface area contributed by atoms with Crippen molar-refractivity contribution in [2.24, 2.45) is 4.99 Å². The SMILES string of the molecule is Cc1cccc(-c2nnc3n2CCN=C3)c1. The molecule has 2 heterocycles. The topological polar surface area (TPSA) is 43.1 Å². The Labute approximate surface area is 93.7 Å². The van der Waals surface area contributed by atoms with Crippen LogP contribution in [0.2, 0.25) is 0 Å². The van der Waals surface area contributed by atoms with Crippen LogP contribution in [0.1, 0.15) is 11.4 Å². The number of rotatable bonds is 1. The molecule has 4 heteroatoms. The Morgan fingerprint density at radius 1 is 1.25 bits per heavy atom. The highest BCUT2D eigenvalue weighted by atomic mass is 15.3. The third-order valence-electron chi connectivity index (χ3n) is 2.72. The quantitative estimate of drug-likeness (QED) is 0.722. The first-order valence-electron chi connectivity index (χ1n) is 5.35. The number of hydrogen-bond acceptors (Lipinski definition) is 3. The van der Waals surface area contributed by atoms with Crippen molar-refractivity contribution < 1.29 is 0 Å². The van der Waals surface area contributed by atoms with Crippen molar-refractivity contribution >= 4 is 6.21 Å². The summed E-state index contributed by atoms with van der Waals surface area (Å²) >= 11 is 0. The van der Waals surface area contributed by atoms with Gasteiger partial charge in [0, 0.05) is 12.1 Å². The fourth-order valence-corrected chi connectivity index (χ4v) is 1.93. The van der Waals surface area contributed by atoms with Gasteiger partial charge in [-0.15, -0.1) is 10.2 Å². The number of fused-ring (bicyclic) bond motifs is 1. The maximum Gasteiger partial charge on any atom is 0.175 e. The molecule has 80 valence electrons. The molecule has 1 aliphatic heterocycles. The fraction of sp³-hybridized carbons (Fsp3) is 0.250. The normalized spacial score (nSPS) is 13.8. The molecule has 0 spiro atoms. The molecule has 0 saturated heterocycles. The summed E-state index contributed by atoms with van der Waals surface area (Å²) in [6.07, 6.45) is 1.79. The predicted octanol–water partition coefficient (Wildman–Crippen LogP) is 1.69. The average Bonchev–Trinajstić information content (AvgIpc) is 2.72. The molecule has 0 saturated carbocycles. The van der Waals surface area contributed by atoms with Crippen molar-refractivity contribution in [1.29, 1.82) is 0 Å². The monoisotopic (exact) mass is 212 g/mol. The Morgan fingerprint density at radius 3 is 3.06 bits per heavy atom. The van der Waals surface area contributed by atoms with E-state index < -0.39 is 0 Å². The largest absolute Gasteiger partial charge is 0.304 e. The van der Waals surface area contributed by atoms with Crippen LogP contribution < -0.4 is 0 Å². The minimum atomic E-state index is 0.809. The van der Waals surface area contributed by atoms with Crippen LogP contribution in [0.3, 0.4) is 0 Å². The number of hydrogen-bond donors (Lipinski definition) is 0. The van der Waals surface area contributed by atoms with E-state index >= 15 is 0 Å². The summed E-state index contributed by atoms with van der Waals surface area (Å²) in [5.74, 6) is 1.78. The molecule has 0 bridgehead atoms. The van der Waals surface area contributed by atoms with Gasteiger partial charge in [-0.1, -0.05) is 23.8 Å². The van der Waals surface area contributed by atoms with Crippen molar-refractivity contribution in [1.82, 2.24) is 14.8 Å². The number of aryl methyl sites for hydroxylation is 1. The molecule has 0 fully saturated rings. The molecule has 1 aromatic carbocycles. The molecule has 0 unspecified atom stereocenters. The van der Waals surface area contributed by atoms with Crippen LogP contribution in [0.15, 0.2) is 29.3 Å². The van der Waals surface area contributed by atoms with Crippen LogP contribution in [0.25, 0.3) is 11.4 Å². The minimum Gasteiger partial charge on any atom is -0.304 e. The molecular weight excluding hydrogens is 200 g/mol. The highest BCUT2D eigenvalue weighted by molar-refractivity contribution is 5.77. The van der Waals surface area contributed by atoms with Gasteiger partial charge in [-0.25, -0.2) is 0 Å². The Hall–Kier alpha value is -1.97. The smallest absolute Gasteiger partial charge is 0.175 e. The lowest BCUT2D eigenvalue weighted by molar-refractivity contribution is 0.693. The van der Waals surface area contributed by atoms with E-state index in [4.69, 9.17) is 0 Å². The van der Waals surface area contributed by atoms with Gasteiger partial charge in [0.25, 0.3) is 0 Å². The van der Waals surface area contributed by atoms with Gasteiger partial charge in [0.1, 0.15) is 0 Å². The number of benzene rings is 1. The molecule has 0 N–H and O–H groups in total. The Morgan fingerprint density at radius 2 is 2.19 bits per heavy atom. The first kappa shape index (κ1) is 9.27. The predicted molar refractivity (Wildman–Crippen MR) is 62.7 cm³/mol. The lowest BCUT2D eigenvalue weighted by Crippen LogP contribution is -2.12. The Balaban J connectivity index is 2.14. The van der Waals surface area contributed by atoms with E-state index in [1.807, 2.05) is 6.07 Å². The zero-order chi connectivity index (χ0) is 11.0. The van der Waals surface area contributed by atoms with E-state index in [0.717, 1.165) is 30.3 Å². The molecule has 0 radical (unpaired) electrons. The van der Waals surface area contributed by atoms with Crippen LogP contribution >= 0.6 is 0 Å². The summed E-state index contributed by atoms with van der Waals surface area (Å²) in [4.78, 5) is 4.19. The van der Waals surface area contributed by atoms with Gasteiger partial charge in [0.05, 0.1) is 12.8 Å². The van der Waals surface area contributed by atoms with Gasteiger partial charge in [0.15, 0.2) is 11.6 Å². The molecule has 0 aliphatic carbocycles. The molecule has 0 amide bonds. The zero-order valence-corrected chi connectivity index (χ0v) is 9.09. The van der Waals surface area contributed by atoms with Crippen molar-refractivity contribution in [2.75, 3.05) is 6.54 Å². The second-order valence-electron chi connectivity index (χ2n) is 3.94. The van der Waals surface area contributed by atoms with E-state index in [0.29, 0.717) is 0 Å². The Bertz CT molecular complexity index is 554. The number of nitrogens with zero attached hydrogens (tertiary/aromatic N) is 4. The van der Waals surface area contributed by atoms with Crippen molar-refractivity contribution in [3.63, 3.8) is 0 Å². The molecule has 0 atom stereocenters. The molecule has 1 aromatic heterocycles. The van der Waals surface area contributed by atoms with Crippen molar-refractivity contribution in [3.05, 3.63) is 35.7 Å². The summed E-state index contributed by atoms with van der Waals surface area (Å²) < 4.78 is 2.11. The van der Waals surface area contributed by atoms with Crippen LogP contribution in [0, 0.1) is 6.92 Å². The van der Waals surface area contributed by atoms with E-state index in [2.05, 4.69) is 44.9 Å². The summed E-state index contributed by atoms with van der Waals surface area (Å²) in [5.41, 5.74) is 2.35. The number of aliphatic imine (C=N–C) groups is 1. The van der Waals surface area contributed by atoms with Gasteiger partial charge < -0.3 is 4.57 Å². The first-order valence-corrected chi connectivity index (χ1v) is 5.35. The van der Waals surface area contributed by atoms with E-state index in [1.165, 1.54) is 5.56 Å². The second kappa shape index (κ2) is 3.56. The van der Waals surface area contributed by atoms with E-state index in [9.17, 15) is 0 Å². The van der Waals surface area contributed by atoms with Crippen molar-refractivity contribution in [3.8, 4) is 11.4 Å². The molecular formula is C12H12N4.